The normalized spacial score (nSPS) is 15.7. The van der Waals surface area contributed by atoms with Crippen molar-refractivity contribution in [2.45, 2.75) is 46.2 Å². The molecule has 1 aliphatic carbocycles. The molecule has 0 radical (unpaired) electrons. The van der Waals surface area contributed by atoms with Gasteiger partial charge in [0.15, 0.2) is 10.9 Å². The Kier molecular flexibility index (Phi) is 10.5. The van der Waals surface area contributed by atoms with E-state index in [-0.39, 0.29) is 30.7 Å². The van der Waals surface area contributed by atoms with Crippen molar-refractivity contribution in [2.75, 3.05) is 32.5 Å². The van der Waals surface area contributed by atoms with Gasteiger partial charge >= 0.3 is 6.18 Å². The highest BCUT2D eigenvalue weighted by Crippen LogP contribution is 2.55. The molecule has 1 fully saturated rings. The Morgan fingerprint density at radius 1 is 1.20 bits per heavy atom. The summed E-state index contributed by atoms with van der Waals surface area (Å²) in [6.45, 7) is 8.52. The minimum absolute atomic E-state index is 0.00694. The number of aromatic nitrogens is 4. The van der Waals surface area contributed by atoms with Gasteiger partial charge < -0.3 is 15.4 Å². The Bertz CT molecular complexity index is 1330. The van der Waals surface area contributed by atoms with Gasteiger partial charge in [0.2, 0.25) is 0 Å². The number of likely N-dealkylation sites (N-methyl/N-ethyl adjacent to an activating group) is 1. The zero-order chi connectivity index (χ0) is 29.5. The van der Waals surface area contributed by atoms with Crippen LogP contribution >= 0.6 is 22.7 Å². The lowest BCUT2D eigenvalue weighted by Gasteiger charge is -2.10. The minimum atomic E-state index is -4.31. The van der Waals surface area contributed by atoms with Gasteiger partial charge in [0.05, 0.1) is 33.7 Å². The van der Waals surface area contributed by atoms with Gasteiger partial charge in [-0.25, -0.2) is 19.9 Å². The zero-order valence-electron chi connectivity index (χ0n) is 22.9. The predicted octanol–water partition coefficient (Wildman–Crippen LogP) is 5.57. The van der Waals surface area contributed by atoms with Crippen LogP contribution in [0.25, 0.3) is 10.6 Å². The molecule has 2 aliphatic rings. The number of nitrogens with zero attached hydrogens (tertiary/aromatic N) is 5. The third-order valence-corrected chi connectivity index (χ3v) is 8.04. The van der Waals surface area contributed by atoms with E-state index in [0.717, 1.165) is 27.8 Å². The number of rotatable bonds is 6. The topological polar surface area (TPSA) is 113 Å². The summed E-state index contributed by atoms with van der Waals surface area (Å²) in [6.07, 6.45) is 2.12. The number of hydrogen-bond donors (Lipinski definition) is 2. The average molecular weight is 596 g/mol. The summed E-state index contributed by atoms with van der Waals surface area (Å²) < 4.78 is 35.0. The van der Waals surface area contributed by atoms with Crippen LogP contribution < -0.4 is 10.6 Å². The number of carbonyl (C=O) groups is 2. The van der Waals surface area contributed by atoms with Gasteiger partial charge in [-0.05, 0) is 40.2 Å². The van der Waals surface area contributed by atoms with Gasteiger partial charge in [0.25, 0.3) is 5.91 Å². The van der Waals surface area contributed by atoms with Crippen LogP contribution in [0, 0.1) is 19.3 Å². The van der Waals surface area contributed by atoms with Crippen LogP contribution in [0.1, 0.15) is 47.4 Å². The molecule has 2 N–H and O–H groups in total. The maximum Gasteiger partial charge on any atom is 0.401 e. The van der Waals surface area contributed by atoms with E-state index in [2.05, 4.69) is 55.5 Å². The first-order valence-corrected chi connectivity index (χ1v) is 14.2. The second kappa shape index (κ2) is 13.4. The van der Waals surface area contributed by atoms with Gasteiger partial charge in [-0.1, -0.05) is 18.6 Å². The second-order valence-electron chi connectivity index (χ2n) is 9.36. The molecule has 9 nitrogen and oxygen atoms in total. The molecule has 0 unspecified atom stereocenters. The van der Waals surface area contributed by atoms with E-state index < -0.39 is 11.6 Å². The highest BCUT2D eigenvalue weighted by molar-refractivity contribution is 7.16. The van der Waals surface area contributed by atoms with Gasteiger partial charge in [0.1, 0.15) is 17.4 Å². The summed E-state index contributed by atoms with van der Waals surface area (Å²) in [6, 6.07) is 0. The standard InChI is InChI=1S/C14H14N6OS2.C7H13N.C5H5F3O/c1-7-12(23-8(2)18-7)10-6-22-14(19-10)20-11-5-16-9(4-17-11)13(21)15-3;1-3-7-4-5-8(2)6-7;6-5(7,8)4(3-9)1-2-4/h4-6H,1-3H3,(H,15,21)(H,17,19,20);4H,3,5-6H2,1-2H3;3H,1-2H2. The fraction of sp³-hybridized carbons (Fsp3) is 0.462. The van der Waals surface area contributed by atoms with E-state index in [0.29, 0.717) is 10.9 Å². The maximum atomic E-state index is 11.7. The fourth-order valence-corrected chi connectivity index (χ4v) is 5.23. The summed E-state index contributed by atoms with van der Waals surface area (Å²) >= 11 is 3.11. The van der Waals surface area contributed by atoms with Crippen molar-refractivity contribution in [1.82, 2.24) is 30.2 Å². The predicted molar refractivity (Wildman–Crippen MR) is 151 cm³/mol. The van der Waals surface area contributed by atoms with Gasteiger partial charge in [-0.15, -0.1) is 22.7 Å². The molecule has 3 aromatic rings. The number of aldehydes is 1. The van der Waals surface area contributed by atoms with Crippen molar-refractivity contribution in [1.29, 1.82) is 0 Å². The van der Waals surface area contributed by atoms with Crippen LogP contribution in [-0.2, 0) is 4.79 Å². The molecule has 3 aromatic heterocycles. The number of halogens is 3. The van der Waals surface area contributed by atoms with Crippen LogP contribution in [0.15, 0.2) is 29.4 Å². The van der Waals surface area contributed by atoms with Crippen LogP contribution in [0.4, 0.5) is 24.1 Å². The van der Waals surface area contributed by atoms with Crippen molar-refractivity contribution < 1.29 is 22.8 Å². The molecule has 1 aliphatic heterocycles. The summed E-state index contributed by atoms with van der Waals surface area (Å²) in [5, 5.41) is 9.31. The molecule has 0 atom stereocenters. The number of thiazole rings is 2. The molecule has 4 heterocycles. The first-order chi connectivity index (χ1) is 18.9. The summed E-state index contributed by atoms with van der Waals surface area (Å²) in [7, 11) is 3.70. The molecule has 40 heavy (non-hydrogen) atoms. The number of carbonyl (C=O) groups excluding carboxylic acids is 2. The first kappa shape index (κ1) is 31.3. The van der Waals surface area contributed by atoms with Crippen molar-refractivity contribution in [3.8, 4) is 10.6 Å². The third kappa shape index (κ3) is 8.15. The number of hydrogen-bond acceptors (Lipinski definition) is 10. The monoisotopic (exact) mass is 595 g/mol. The lowest BCUT2D eigenvalue weighted by molar-refractivity contribution is -0.183. The van der Waals surface area contributed by atoms with Crippen molar-refractivity contribution in [2.24, 2.45) is 5.41 Å². The Morgan fingerprint density at radius 2 is 1.93 bits per heavy atom. The fourth-order valence-electron chi connectivity index (χ4n) is 3.57. The number of nitrogens with one attached hydrogen (secondary N) is 2. The molecule has 0 spiro atoms. The maximum absolute atomic E-state index is 11.7. The lowest BCUT2D eigenvalue weighted by atomic mass is 10.1. The number of alkyl halides is 3. The number of aryl methyl sites for hydroxylation is 2. The first-order valence-electron chi connectivity index (χ1n) is 12.5. The molecule has 1 saturated carbocycles. The van der Waals surface area contributed by atoms with Gasteiger partial charge in [-0.2, -0.15) is 13.2 Å². The molecule has 0 aromatic carbocycles. The van der Waals surface area contributed by atoms with E-state index >= 15 is 0 Å². The van der Waals surface area contributed by atoms with Crippen LogP contribution in [0.5, 0.6) is 0 Å². The van der Waals surface area contributed by atoms with E-state index in [9.17, 15) is 22.8 Å². The highest BCUT2D eigenvalue weighted by atomic mass is 32.1. The SMILES string of the molecule is CCC1=CCN(C)C1.CNC(=O)c1cnc(Nc2nc(-c3sc(C)nc3C)cs2)cn1.O=CC1(C(F)(F)F)CC1. The molecular weight excluding hydrogens is 563 g/mol. The van der Waals surface area contributed by atoms with Crippen LogP contribution in [-0.4, -0.2) is 70.4 Å². The quantitative estimate of drug-likeness (QED) is 0.281. The van der Waals surface area contributed by atoms with Crippen molar-refractivity contribution >= 4 is 45.8 Å². The molecule has 0 bridgehead atoms. The van der Waals surface area contributed by atoms with Crippen LogP contribution in [0.3, 0.4) is 0 Å². The molecule has 1 amide bonds. The zero-order valence-corrected chi connectivity index (χ0v) is 24.6. The molecule has 14 heteroatoms. The Hall–Kier alpha value is -3.23. The molecule has 0 saturated heterocycles. The smallest absolute Gasteiger partial charge is 0.354 e. The van der Waals surface area contributed by atoms with E-state index in [1.165, 1.54) is 36.7 Å². The van der Waals surface area contributed by atoms with Crippen LogP contribution in [0.2, 0.25) is 0 Å². The van der Waals surface area contributed by atoms with Gasteiger partial charge in [-0.3, -0.25) is 9.69 Å². The lowest BCUT2D eigenvalue weighted by Crippen LogP contribution is -2.25. The van der Waals surface area contributed by atoms with Crippen molar-refractivity contribution in [3.05, 3.63) is 45.8 Å². The largest absolute Gasteiger partial charge is 0.401 e. The number of anilines is 2. The van der Waals surface area contributed by atoms with Gasteiger partial charge in [0, 0.05) is 25.5 Å². The third-order valence-electron chi connectivity index (χ3n) is 6.18. The van der Waals surface area contributed by atoms with Crippen molar-refractivity contribution in [3.63, 3.8) is 0 Å². The Morgan fingerprint density at radius 3 is 2.33 bits per heavy atom. The minimum Gasteiger partial charge on any atom is -0.354 e. The Labute approximate surface area is 239 Å². The molecule has 5 rings (SSSR count). The summed E-state index contributed by atoms with van der Waals surface area (Å²) in [4.78, 5) is 41.8. The van der Waals surface area contributed by atoms with E-state index in [1.54, 1.807) is 24.0 Å². The average Bonchev–Trinajstić information content (AvgIpc) is 3.23. The summed E-state index contributed by atoms with van der Waals surface area (Å²) in [5.74, 6) is 0.271. The highest BCUT2D eigenvalue weighted by Gasteiger charge is 2.63. The molecule has 216 valence electrons. The molecular formula is C26H32F3N7O2S2. The summed E-state index contributed by atoms with van der Waals surface area (Å²) in [5.41, 5.74) is 1.79. The second-order valence-corrected chi connectivity index (χ2v) is 11.4. The van der Waals surface area contributed by atoms with E-state index in [4.69, 9.17) is 0 Å². The Balaban J connectivity index is 0.000000211. The number of amides is 1. The van der Waals surface area contributed by atoms with E-state index in [1.807, 2.05) is 19.2 Å².